The van der Waals surface area contributed by atoms with Crippen molar-refractivity contribution in [3.8, 4) is 0 Å². The molecule has 3 nitrogen and oxygen atoms in total. The highest BCUT2D eigenvalue weighted by Crippen LogP contribution is 2.22. The summed E-state index contributed by atoms with van der Waals surface area (Å²) in [5.41, 5.74) is 2.11. The van der Waals surface area contributed by atoms with Crippen molar-refractivity contribution in [3.63, 3.8) is 0 Å². The maximum atomic E-state index is 4.36. The van der Waals surface area contributed by atoms with Crippen molar-refractivity contribution in [1.29, 1.82) is 0 Å². The van der Waals surface area contributed by atoms with E-state index in [4.69, 9.17) is 0 Å². The summed E-state index contributed by atoms with van der Waals surface area (Å²) in [7, 11) is 0. The summed E-state index contributed by atoms with van der Waals surface area (Å²) in [4.78, 5) is 4.36. The van der Waals surface area contributed by atoms with E-state index >= 15 is 0 Å². The van der Waals surface area contributed by atoms with Crippen LogP contribution >= 0.6 is 0 Å². The first-order chi connectivity index (χ1) is 6.83. The topological polar surface area (TPSA) is 28.0 Å². The van der Waals surface area contributed by atoms with E-state index in [2.05, 4.69) is 43.5 Å². The van der Waals surface area contributed by atoms with Crippen molar-refractivity contribution in [1.82, 2.24) is 5.01 Å². The molecular formula is C12H19N3. The van der Waals surface area contributed by atoms with Gasteiger partial charge < -0.3 is 0 Å². The van der Waals surface area contributed by atoms with E-state index in [1.807, 2.05) is 13.8 Å². The molecule has 3 heteroatoms. The zero-order valence-corrected chi connectivity index (χ0v) is 10.2. The van der Waals surface area contributed by atoms with Gasteiger partial charge in [0.25, 0.3) is 0 Å². The Morgan fingerprint density at radius 2 is 1.87 bits per heavy atom. The molecule has 0 spiro atoms. The quantitative estimate of drug-likeness (QED) is 0.646. The van der Waals surface area contributed by atoms with E-state index in [1.54, 1.807) is 11.2 Å². The fraction of sp³-hybridized carbons (Fsp3) is 0.500. The highest BCUT2D eigenvalue weighted by molar-refractivity contribution is 6.06. The van der Waals surface area contributed by atoms with Gasteiger partial charge in [-0.05, 0) is 19.3 Å². The lowest BCUT2D eigenvalue weighted by Crippen LogP contribution is -2.24. The van der Waals surface area contributed by atoms with Gasteiger partial charge in [-0.25, -0.2) is 10.0 Å². The van der Waals surface area contributed by atoms with E-state index in [0.717, 1.165) is 17.2 Å². The van der Waals surface area contributed by atoms with Gasteiger partial charge in [0.2, 0.25) is 0 Å². The molecule has 0 radical (unpaired) electrons. The van der Waals surface area contributed by atoms with Gasteiger partial charge in [0.1, 0.15) is 5.84 Å². The van der Waals surface area contributed by atoms with Crippen LogP contribution < -0.4 is 0 Å². The van der Waals surface area contributed by atoms with Gasteiger partial charge in [-0.1, -0.05) is 33.4 Å². The van der Waals surface area contributed by atoms with E-state index < -0.39 is 0 Å². The van der Waals surface area contributed by atoms with Crippen molar-refractivity contribution in [3.05, 3.63) is 24.6 Å². The lowest BCUT2D eigenvalue weighted by atomic mass is 9.94. The average Bonchev–Trinajstić information content (AvgIpc) is 2.07. The van der Waals surface area contributed by atoms with Crippen LogP contribution in [0.2, 0.25) is 0 Å². The van der Waals surface area contributed by atoms with Gasteiger partial charge in [-0.15, -0.1) is 0 Å². The molecule has 1 rings (SSSR count). The van der Waals surface area contributed by atoms with Gasteiger partial charge in [-0.2, -0.15) is 5.10 Å². The summed E-state index contributed by atoms with van der Waals surface area (Å²) < 4.78 is 0. The van der Waals surface area contributed by atoms with Crippen LogP contribution in [0.4, 0.5) is 0 Å². The minimum atomic E-state index is 0.105. The second-order valence-electron chi connectivity index (χ2n) is 4.77. The third kappa shape index (κ3) is 3.05. The summed E-state index contributed by atoms with van der Waals surface area (Å²) >= 11 is 0. The maximum Gasteiger partial charge on any atom is 0.146 e. The number of nitrogens with zero attached hydrogens (tertiary/aromatic N) is 3. The third-order valence-electron chi connectivity index (χ3n) is 1.94. The van der Waals surface area contributed by atoms with E-state index in [0.29, 0.717) is 0 Å². The lowest BCUT2D eigenvalue weighted by Gasteiger charge is -2.25. The second-order valence-corrected chi connectivity index (χ2v) is 4.77. The molecule has 0 N–H and O–H groups in total. The number of amidine groups is 1. The Morgan fingerprint density at radius 1 is 1.27 bits per heavy atom. The molecule has 0 aromatic rings. The first-order valence-electron chi connectivity index (χ1n) is 5.09. The van der Waals surface area contributed by atoms with Crippen LogP contribution in [0.15, 0.2) is 34.6 Å². The van der Waals surface area contributed by atoms with Crippen molar-refractivity contribution >= 4 is 11.5 Å². The van der Waals surface area contributed by atoms with Crippen molar-refractivity contribution in [2.45, 2.75) is 34.6 Å². The highest BCUT2D eigenvalue weighted by Gasteiger charge is 2.18. The fourth-order valence-electron chi connectivity index (χ4n) is 1.42. The molecule has 82 valence electrons. The summed E-state index contributed by atoms with van der Waals surface area (Å²) in [6.45, 7) is 14.1. The summed E-state index contributed by atoms with van der Waals surface area (Å²) in [5.74, 6) is 0.762. The Balaban J connectivity index is 3.14. The molecular weight excluding hydrogens is 186 g/mol. The second kappa shape index (κ2) is 4.01. The summed E-state index contributed by atoms with van der Waals surface area (Å²) in [5, 5.41) is 6.07. The van der Waals surface area contributed by atoms with Crippen molar-refractivity contribution in [2.24, 2.45) is 15.5 Å². The minimum Gasteiger partial charge on any atom is -0.238 e. The SMILES string of the molecule is C=CN1N=C(C)N=C(C)/C1=C/C(C)(C)C. The van der Waals surface area contributed by atoms with Crippen LogP contribution in [0.3, 0.4) is 0 Å². The van der Waals surface area contributed by atoms with Crippen molar-refractivity contribution in [2.75, 3.05) is 0 Å². The molecule has 0 bridgehead atoms. The molecule has 0 saturated carbocycles. The zero-order chi connectivity index (χ0) is 11.6. The molecule has 0 atom stereocenters. The predicted octanol–water partition coefficient (Wildman–Crippen LogP) is 3.17. The first-order valence-corrected chi connectivity index (χ1v) is 5.09. The Hall–Kier alpha value is -1.38. The number of hydrogen-bond donors (Lipinski definition) is 0. The molecule has 0 aliphatic carbocycles. The lowest BCUT2D eigenvalue weighted by molar-refractivity contribution is 0.479. The molecule has 1 aliphatic rings. The number of hydrazone groups is 1. The third-order valence-corrected chi connectivity index (χ3v) is 1.94. The molecule has 0 aromatic heterocycles. The largest absolute Gasteiger partial charge is 0.238 e. The molecule has 15 heavy (non-hydrogen) atoms. The Labute approximate surface area is 91.9 Å². The standard InChI is InChI=1S/C12H19N3/c1-7-15-11(8-12(4,5)6)9(2)13-10(3)14-15/h7-8H,1H2,2-6H3/b11-8-. The Kier molecular flexibility index (Phi) is 3.12. The molecule has 1 heterocycles. The Bertz CT molecular complexity index is 354. The van der Waals surface area contributed by atoms with E-state index in [1.165, 1.54) is 0 Å². The normalized spacial score (nSPS) is 20.1. The molecule has 0 amide bonds. The van der Waals surface area contributed by atoms with Gasteiger partial charge in [0.15, 0.2) is 0 Å². The first kappa shape index (κ1) is 11.7. The van der Waals surface area contributed by atoms with Gasteiger partial charge in [0.05, 0.1) is 11.4 Å². The van der Waals surface area contributed by atoms with Crippen LogP contribution in [-0.2, 0) is 0 Å². The summed E-state index contributed by atoms with van der Waals surface area (Å²) in [6.07, 6.45) is 3.86. The predicted molar refractivity (Wildman–Crippen MR) is 65.8 cm³/mol. The van der Waals surface area contributed by atoms with Crippen LogP contribution in [0.25, 0.3) is 0 Å². The Morgan fingerprint density at radius 3 is 2.33 bits per heavy atom. The average molecular weight is 205 g/mol. The molecule has 1 aliphatic heterocycles. The fourth-order valence-corrected chi connectivity index (χ4v) is 1.42. The zero-order valence-electron chi connectivity index (χ0n) is 10.2. The van der Waals surface area contributed by atoms with Crippen LogP contribution in [0.1, 0.15) is 34.6 Å². The number of hydrogen-bond acceptors (Lipinski definition) is 3. The smallest absolute Gasteiger partial charge is 0.146 e. The minimum absolute atomic E-state index is 0.105. The highest BCUT2D eigenvalue weighted by atomic mass is 15.5. The monoisotopic (exact) mass is 205 g/mol. The molecule has 0 aromatic carbocycles. The van der Waals surface area contributed by atoms with Crippen molar-refractivity contribution < 1.29 is 0 Å². The number of aliphatic imine (C=N–C) groups is 1. The van der Waals surface area contributed by atoms with Gasteiger partial charge in [0, 0.05) is 6.20 Å². The number of rotatable bonds is 1. The summed E-state index contributed by atoms with van der Waals surface area (Å²) in [6, 6.07) is 0. The van der Waals surface area contributed by atoms with E-state index in [-0.39, 0.29) is 5.41 Å². The van der Waals surface area contributed by atoms with E-state index in [9.17, 15) is 0 Å². The molecule has 0 fully saturated rings. The number of allylic oxidation sites excluding steroid dienone is 2. The maximum absolute atomic E-state index is 4.36. The van der Waals surface area contributed by atoms with Crippen LogP contribution in [0, 0.1) is 5.41 Å². The van der Waals surface area contributed by atoms with Crippen LogP contribution in [-0.4, -0.2) is 16.6 Å². The van der Waals surface area contributed by atoms with Gasteiger partial charge in [-0.3, -0.25) is 0 Å². The molecule has 0 unspecified atom stereocenters. The van der Waals surface area contributed by atoms with Crippen LogP contribution in [0.5, 0.6) is 0 Å². The van der Waals surface area contributed by atoms with Gasteiger partial charge >= 0.3 is 0 Å². The molecule has 0 saturated heterocycles.